The lowest BCUT2D eigenvalue weighted by atomic mass is 9.92. The Morgan fingerprint density at radius 2 is 2.19 bits per heavy atom. The minimum absolute atomic E-state index is 0.0767. The summed E-state index contributed by atoms with van der Waals surface area (Å²) in [5.41, 5.74) is 0.663. The fourth-order valence-corrected chi connectivity index (χ4v) is 3.33. The molecule has 0 radical (unpaired) electrons. The van der Waals surface area contributed by atoms with Gasteiger partial charge in [-0.15, -0.1) is 11.3 Å². The maximum Gasteiger partial charge on any atom is 0.313 e. The Morgan fingerprint density at radius 1 is 1.48 bits per heavy atom. The fourth-order valence-electron chi connectivity index (χ4n) is 1.80. The SMILES string of the molecule is CC(C)(C)CCn1c(SCC(=O)O)nc2ccsc2c1=O. The minimum Gasteiger partial charge on any atom is -0.481 e. The number of carboxylic acid groups (broad SMARTS) is 1. The molecule has 114 valence electrons. The molecule has 0 aliphatic carbocycles. The largest absolute Gasteiger partial charge is 0.481 e. The molecule has 5 nitrogen and oxygen atoms in total. The molecule has 0 fully saturated rings. The summed E-state index contributed by atoms with van der Waals surface area (Å²) in [5.74, 6) is -1.01. The Balaban J connectivity index is 2.42. The van der Waals surface area contributed by atoms with E-state index in [0.717, 1.165) is 18.2 Å². The van der Waals surface area contributed by atoms with E-state index >= 15 is 0 Å². The van der Waals surface area contributed by atoms with Crippen molar-refractivity contribution in [3.05, 3.63) is 21.8 Å². The van der Waals surface area contributed by atoms with Crippen LogP contribution >= 0.6 is 23.1 Å². The van der Waals surface area contributed by atoms with E-state index in [9.17, 15) is 9.59 Å². The average molecular weight is 326 g/mol. The number of nitrogens with zero attached hydrogens (tertiary/aromatic N) is 2. The molecule has 7 heteroatoms. The van der Waals surface area contributed by atoms with Crippen LogP contribution in [0.4, 0.5) is 0 Å². The smallest absolute Gasteiger partial charge is 0.313 e. The van der Waals surface area contributed by atoms with E-state index in [1.807, 2.05) is 5.38 Å². The molecule has 0 unspecified atom stereocenters. The Morgan fingerprint density at radius 3 is 2.81 bits per heavy atom. The molecule has 2 aromatic rings. The molecule has 0 saturated heterocycles. The van der Waals surface area contributed by atoms with Gasteiger partial charge in [0.1, 0.15) is 4.70 Å². The molecule has 0 atom stereocenters. The van der Waals surface area contributed by atoms with Gasteiger partial charge in [-0.05, 0) is 23.3 Å². The van der Waals surface area contributed by atoms with Gasteiger partial charge in [0, 0.05) is 6.54 Å². The average Bonchev–Trinajstić information content (AvgIpc) is 2.82. The van der Waals surface area contributed by atoms with Gasteiger partial charge in [0.05, 0.1) is 11.3 Å². The lowest BCUT2D eigenvalue weighted by molar-refractivity contribution is -0.133. The van der Waals surface area contributed by atoms with Crippen LogP contribution in [0.2, 0.25) is 0 Å². The Bertz CT molecular complexity index is 713. The van der Waals surface area contributed by atoms with E-state index in [0.29, 0.717) is 21.9 Å². The molecule has 0 aromatic carbocycles. The van der Waals surface area contributed by atoms with Crippen LogP contribution in [0.3, 0.4) is 0 Å². The first-order valence-electron chi connectivity index (χ1n) is 6.60. The predicted octanol–water partition coefficient (Wildman–Crippen LogP) is 3.07. The second kappa shape index (κ2) is 6.19. The molecule has 2 aromatic heterocycles. The van der Waals surface area contributed by atoms with Crippen LogP contribution < -0.4 is 5.56 Å². The third-order valence-electron chi connectivity index (χ3n) is 2.94. The summed E-state index contributed by atoms with van der Waals surface area (Å²) in [6.45, 7) is 6.88. The van der Waals surface area contributed by atoms with Crippen molar-refractivity contribution in [2.75, 3.05) is 5.75 Å². The summed E-state index contributed by atoms with van der Waals surface area (Å²) in [5, 5.41) is 11.1. The molecule has 0 bridgehead atoms. The van der Waals surface area contributed by atoms with Crippen LogP contribution in [-0.4, -0.2) is 26.4 Å². The first-order chi connectivity index (χ1) is 9.78. The number of thioether (sulfide) groups is 1. The van der Waals surface area contributed by atoms with Crippen molar-refractivity contribution < 1.29 is 9.90 Å². The molecule has 21 heavy (non-hydrogen) atoms. The van der Waals surface area contributed by atoms with Crippen LogP contribution in [-0.2, 0) is 11.3 Å². The lowest BCUT2D eigenvalue weighted by Gasteiger charge is -2.19. The van der Waals surface area contributed by atoms with Gasteiger partial charge in [-0.25, -0.2) is 4.98 Å². The van der Waals surface area contributed by atoms with Gasteiger partial charge in [0.25, 0.3) is 5.56 Å². The topological polar surface area (TPSA) is 72.2 Å². The van der Waals surface area contributed by atoms with Crippen molar-refractivity contribution in [1.82, 2.24) is 9.55 Å². The lowest BCUT2D eigenvalue weighted by Crippen LogP contribution is -2.25. The molecule has 1 N–H and O–H groups in total. The maximum atomic E-state index is 12.5. The number of hydrogen-bond acceptors (Lipinski definition) is 5. The molecule has 0 saturated carbocycles. The van der Waals surface area contributed by atoms with Crippen molar-refractivity contribution in [2.24, 2.45) is 5.41 Å². The second-order valence-electron chi connectivity index (χ2n) is 5.98. The highest BCUT2D eigenvalue weighted by Crippen LogP contribution is 2.24. The van der Waals surface area contributed by atoms with Crippen LogP contribution in [0, 0.1) is 5.41 Å². The number of rotatable bonds is 5. The Hall–Kier alpha value is -1.34. The maximum absolute atomic E-state index is 12.5. The van der Waals surface area contributed by atoms with E-state index in [1.54, 1.807) is 10.6 Å². The summed E-state index contributed by atoms with van der Waals surface area (Å²) < 4.78 is 2.24. The summed E-state index contributed by atoms with van der Waals surface area (Å²) >= 11 is 2.47. The van der Waals surface area contributed by atoms with Crippen molar-refractivity contribution >= 4 is 39.3 Å². The second-order valence-corrected chi connectivity index (χ2v) is 7.84. The van der Waals surface area contributed by atoms with Crippen molar-refractivity contribution in [1.29, 1.82) is 0 Å². The van der Waals surface area contributed by atoms with Crippen LogP contribution in [0.15, 0.2) is 21.4 Å². The first kappa shape index (κ1) is 16.0. The third-order valence-corrected chi connectivity index (χ3v) is 4.79. The number of carboxylic acids is 1. The molecule has 2 rings (SSSR count). The van der Waals surface area contributed by atoms with Crippen molar-refractivity contribution in [3.63, 3.8) is 0 Å². The van der Waals surface area contributed by atoms with Gasteiger partial charge in [0.2, 0.25) is 0 Å². The number of aromatic nitrogens is 2. The molecule has 2 heterocycles. The van der Waals surface area contributed by atoms with Gasteiger partial charge in [-0.1, -0.05) is 32.5 Å². The highest BCUT2D eigenvalue weighted by atomic mass is 32.2. The molecule has 0 spiro atoms. The van der Waals surface area contributed by atoms with E-state index in [2.05, 4.69) is 25.8 Å². The van der Waals surface area contributed by atoms with Gasteiger partial charge in [-0.2, -0.15) is 0 Å². The predicted molar refractivity (Wildman–Crippen MR) is 86.3 cm³/mol. The minimum atomic E-state index is -0.915. The zero-order valence-corrected chi connectivity index (χ0v) is 13.9. The molecule has 0 amide bonds. The van der Waals surface area contributed by atoms with Gasteiger partial charge >= 0.3 is 5.97 Å². The molecule has 0 aliphatic heterocycles. The van der Waals surface area contributed by atoms with E-state index in [1.165, 1.54) is 11.3 Å². The number of aliphatic carboxylic acids is 1. The zero-order chi connectivity index (χ0) is 15.6. The standard InChI is InChI=1S/C14H18N2O3S2/c1-14(2,3)5-6-16-12(19)11-9(4-7-20-11)15-13(16)21-8-10(17)18/h4,7H,5-6,8H2,1-3H3,(H,17,18). The molecular weight excluding hydrogens is 308 g/mol. The molecule has 0 aliphatic rings. The summed E-state index contributed by atoms with van der Waals surface area (Å²) in [7, 11) is 0. The van der Waals surface area contributed by atoms with Crippen molar-refractivity contribution in [2.45, 2.75) is 38.9 Å². The van der Waals surface area contributed by atoms with E-state index in [4.69, 9.17) is 5.11 Å². The van der Waals surface area contributed by atoms with Gasteiger partial charge in [-0.3, -0.25) is 14.2 Å². The summed E-state index contributed by atoms with van der Waals surface area (Å²) in [4.78, 5) is 27.8. The van der Waals surface area contributed by atoms with Gasteiger partial charge < -0.3 is 5.11 Å². The normalized spacial score (nSPS) is 12.0. The van der Waals surface area contributed by atoms with E-state index < -0.39 is 5.97 Å². The van der Waals surface area contributed by atoms with Crippen molar-refractivity contribution in [3.8, 4) is 0 Å². The number of hydrogen-bond donors (Lipinski definition) is 1. The summed E-state index contributed by atoms with van der Waals surface area (Å²) in [6.07, 6.45) is 0.825. The van der Waals surface area contributed by atoms with Crippen LogP contribution in [0.1, 0.15) is 27.2 Å². The highest BCUT2D eigenvalue weighted by Gasteiger charge is 2.16. The summed E-state index contributed by atoms with van der Waals surface area (Å²) in [6, 6.07) is 1.79. The van der Waals surface area contributed by atoms with E-state index in [-0.39, 0.29) is 16.7 Å². The number of thiophene rings is 1. The Labute approximate surface area is 131 Å². The zero-order valence-electron chi connectivity index (χ0n) is 12.3. The fraction of sp³-hybridized carbons (Fsp3) is 0.500. The first-order valence-corrected chi connectivity index (χ1v) is 8.47. The molecular formula is C14H18N2O3S2. The quantitative estimate of drug-likeness (QED) is 0.675. The van der Waals surface area contributed by atoms with Crippen LogP contribution in [0.5, 0.6) is 0 Å². The third kappa shape index (κ3) is 4.07. The van der Waals surface area contributed by atoms with Gasteiger partial charge in [0.15, 0.2) is 5.16 Å². The highest BCUT2D eigenvalue weighted by molar-refractivity contribution is 7.99. The Kier molecular flexibility index (Phi) is 4.73. The monoisotopic (exact) mass is 326 g/mol. The number of fused-ring (bicyclic) bond motifs is 1. The number of carbonyl (C=O) groups is 1. The van der Waals surface area contributed by atoms with Crippen LogP contribution in [0.25, 0.3) is 10.2 Å².